The highest BCUT2D eigenvalue weighted by Gasteiger charge is 2.07. The Morgan fingerprint density at radius 1 is 1.16 bits per heavy atom. The zero-order chi connectivity index (χ0) is 17.6. The zero-order valence-corrected chi connectivity index (χ0v) is 14.4. The van der Waals surface area contributed by atoms with Crippen molar-refractivity contribution in [2.45, 2.75) is 13.3 Å². The van der Waals surface area contributed by atoms with E-state index in [4.69, 9.17) is 4.74 Å². The lowest BCUT2D eigenvalue weighted by atomic mass is 10.1. The molecule has 0 saturated carbocycles. The number of anilines is 1. The first kappa shape index (κ1) is 16.8. The topological polar surface area (TPSA) is 63.2 Å². The average Bonchev–Trinajstić information content (AvgIpc) is 2.62. The van der Waals surface area contributed by atoms with Crippen LogP contribution in [0.2, 0.25) is 0 Å². The van der Waals surface area contributed by atoms with Gasteiger partial charge in [0.15, 0.2) is 0 Å². The van der Waals surface area contributed by atoms with Gasteiger partial charge in [0.2, 0.25) is 0 Å². The molecule has 128 valence electrons. The molecular formula is C20H21N3O2. The Labute approximate surface area is 147 Å². The molecule has 3 aromatic rings. The minimum Gasteiger partial charge on any atom is -0.497 e. The lowest BCUT2D eigenvalue weighted by molar-refractivity contribution is 0.252. The number of aromatic nitrogens is 1. The number of amides is 2. The van der Waals surface area contributed by atoms with E-state index in [1.165, 1.54) is 0 Å². The summed E-state index contributed by atoms with van der Waals surface area (Å²) in [7, 11) is 1.64. The number of benzene rings is 2. The molecule has 2 aromatic carbocycles. The van der Waals surface area contributed by atoms with Gasteiger partial charge in [0.25, 0.3) is 0 Å². The Bertz CT molecular complexity index is 876. The van der Waals surface area contributed by atoms with Crippen molar-refractivity contribution in [3.8, 4) is 5.75 Å². The van der Waals surface area contributed by atoms with Crippen LogP contribution in [0, 0.1) is 6.92 Å². The number of pyridine rings is 1. The lowest BCUT2D eigenvalue weighted by Gasteiger charge is -2.11. The third-order valence-corrected chi connectivity index (χ3v) is 3.96. The Morgan fingerprint density at radius 2 is 1.96 bits per heavy atom. The molecule has 0 bridgehead atoms. The number of rotatable bonds is 5. The van der Waals surface area contributed by atoms with Gasteiger partial charge < -0.3 is 15.4 Å². The summed E-state index contributed by atoms with van der Waals surface area (Å²) in [5.41, 5.74) is 3.73. The molecule has 0 aliphatic carbocycles. The number of fused-ring (bicyclic) bond motifs is 1. The van der Waals surface area contributed by atoms with E-state index in [0.717, 1.165) is 39.9 Å². The van der Waals surface area contributed by atoms with E-state index in [1.54, 1.807) is 13.3 Å². The SMILES string of the molecule is COc1ccc(CCNC(=O)Nc2cc(C)cc3cccnc23)cc1. The number of hydrogen-bond donors (Lipinski definition) is 2. The fourth-order valence-electron chi connectivity index (χ4n) is 2.72. The minimum absolute atomic E-state index is 0.230. The van der Waals surface area contributed by atoms with Crippen LogP contribution in [0.4, 0.5) is 10.5 Å². The van der Waals surface area contributed by atoms with Gasteiger partial charge in [-0.2, -0.15) is 0 Å². The zero-order valence-electron chi connectivity index (χ0n) is 14.4. The molecule has 0 fully saturated rings. The van der Waals surface area contributed by atoms with Gasteiger partial charge in [0.1, 0.15) is 5.75 Å². The maximum atomic E-state index is 12.2. The van der Waals surface area contributed by atoms with Gasteiger partial charge in [-0.15, -0.1) is 0 Å². The van der Waals surface area contributed by atoms with Gasteiger partial charge in [-0.3, -0.25) is 4.98 Å². The average molecular weight is 335 g/mol. The van der Waals surface area contributed by atoms with Crippen LogP contribution in [0.1, 0.15) is 11.1 Å². The molecule has 0 atom stereocenters. The molecule has 0 unspecified atom stereocenters. The largest absolute Gasteiger partial charge is 0.497 e. The van der Waals surface area contributed by atoms with Crippen LogP contribution in [0.5, 0.6) is 5.75 Å². The first-order chi connectivity index (χ1) is 12.2. The maximum Gasteiger partial charge on any atom is 0.319 e. The number of nitrogens with one attached hydrogen (secondary N) is 2. The second kappa shape index (κ2) is 7.66. The van der Waals surface area contributed by atoms with Gasteiger partial charge in [0, 0.05) is 18.1 Å². The smallest absolute Gasteiger partial charge is 0.319 e. The van der Waals surface area contributed by atoms with Crippen LogP contribution in [0.25, 0.3) is 10.9 Å². The second-order valence-corrected chi connectivity index (χ2v) is 5.87. The number of aryl methyl sites for hydroxylation is 1. The Morgan fingerprint density at radius 3 is 2.72 bits per heavy atom. The molecule has 1 aromatic heterocycles. The van der Waals surface area contributed by atoms with Crippen LogP contribution in [-0.4, -0.2) is 24.7 Å². The van der Waals surface area contributed by atoms with Crippen molar-refractivity contribution in [2.24, 2.45) is 0 Å². The summed E-state index contributed by atoms with van der Waals surface area (Å²) >= 11 is 0. The van der Waals surface area contributed by atoms with Crippen molar-refractivity contribution in [1.29, 1.82) is 0 Å². The van der Waals surface area contributed by atoms with E-state index in [2.05, 4.69) is 21.7 Å². The number of urea groups is 1. The van der Waals surface area contributed by atoms with Crippen LogP contribution >= 0.6 is 0 Å². The number of nitrogens with zero attached hydrogens (tertiary/aromatic N) is 1. The molecular weight excluding hydrogens is 314 g/mol. The normalized spacial score (nSPS) is 10.5. The van der Waals surface area contributed by atoms with Crippen molar-refractivity contribution in [1.82, 2.24) is 10.3 Å². The molecule has 0 spiro atoms. The van der Waals surface area contributed by atoms with Gasteiger partial charge >= 0.3 is 6.03 Å². The summed E-state index contributed by atoms with van der Waals surface area (Å²) < 4.78 is 5.14. The van der Waals surface area contributed by atoms with E-state index in [0.29, 0.717) is 6.54 Å². The van der Waals surface area contributed by atoms with Crippen LogP contribution < -0.4 is 15.4 Å². The van der Waals surface area contributed by atoms with Gasteiger partial charge in [-0.1, -0.05) is 18.2 Å². The second-order valence-electron chi connectivity index (χ2n) is 5.87. The third-order valence-electron chi connectivity index (χ3n) is 3.96. The number of methoxy groups -OCH3 is 1. The number of carbonyl (C=O) groups is 1. The number of carbonyl (C=O) groups excluding carboxylic acids is 1. The standard InChI is InChI=1S/C20H21N3O2/c1-14-12-16-4-3-10-21-19(16)18(13-14)23-20(24)22-11-9-15-5-7-17(25-2)8-6-15/h3-8,10,12-13H,9,11H2,1-2H3,(H2,22,23,24). The molecule has 0 radical (unpaired) electrons. The number of ether oxygens (including phenoxy) is 1. The third kappa shape index (κ3) is 4.26. The highest BCUT2D eigenvalue weighted by molar-refractivity contribution is 5.99. The first-order valence-electron chi connectivity index (χ1n) is 8.19. The quantitative estimate of drug-likeness (QED) is 0.743. The summed E-state index contributed by atoms with van der Waals surface area (Å²) in [6.45, 7) is 2.55. The van der Waals surface area contributed by atoms with Gasteiger partial charge in [-0.25, -0.2) is 4.79 Å². The van der Waals surface area contributed by atoms with Gasteiger partial charge in [-0.05, 0) is 54.8 Å². The minimum atomic E-state index is -0.230. The molecule has 0 aliphatic heterocycles. The summed E-state index contributed by atoms with van der Waals surface area (Å²) in [6, 6.07) is 15.5. The van der Waals surface area contributed by atoms with Crippen LogP contribution in [-0.2, 0) is 6.42 Å². The predicted molar refractivity (Wildman–Crippen MR) is 100 cm³/mol. The van der Waals surface area contributed by atoms with Crippen molar-refractivity contribution in [3.05, 3.63) is 65.9 Å². The molecule has 3 rings (SSSR count). The first-order valence-corrected chi connectivity index (χ1v) is 8.19. The predicted octanol–water partition coefficient (Wildman–Crippen LogP) is 3.92. The Kier molecular flexibility index (Phi) is 5.14. The summed E-state index contributed by atoms with van der Waals surface area (Å²) in [4.78, 5) is 16.6. The molecule has 0 aliphatic rings. The molecule has 0 saturated heterocycles. The van der Waals surface area contributed by atoms with E-state index in [1.807, 2.05) is 49.4 Å². The lowest BCUT2D eigenvalue weighted by Crippen LogP contribution is -2.30. The summed E-state index contributed by atoms with van der Waals surface area (Å²) in [5.74, 6) is 0.827. The Hall–Kier alpha value is -3.08. The van der Waals surface area contributed by atoms with Crippen molar-refractivity contribution in [3.63, 3.8) is 0 Å². The molecule has 2 N–H and O–H groups in total. The van der Waals surface area contributed by atoms with Gasteiger partial charge in [0.05, 0.1) is 18.3 Å². The molecule has 25 heavy (non-hydrogen) atoms. The van der Waals surface area contributed by atoms with E-state index < -0.39 is 0 Å². The maximum absolute atomic E-state index is 12.2. The molecule has 2 amide bonds. The fourth-order valence-corrected chi connectivity index (χ4v) is 2.72. The van der Waals surface area contributed by atoms with E-state index in [9.17, 15) is 4.79 Å². The summed E-state index contributed by atoms with van der Waals surface area (Å²) in [5, 5.41) is 6.79. The molecule has 5 nitrogen and oxygen atoms in total. The van der Waals surface area contributed by atoms with Crippen LogP contribution in [0.15, 0.2) is 54.7 Å². The number of hydrogen-bond acceptors (Lipinski definition) is 3. The van der Waals surface area contributed by atoms with Crippen molar-refractivity contribution in [2.75, 3.05) is 19.0 Å². The Balaban J connectivity index is 1.59. The fraction of sp³-hybridized carbons (Fsp3) is 0.200. The van der Waals surface area contributed by atoms with Crippen LogP contribution in [0.3, 0.4) is 0 Å². The molecule has 5 heteroatoms. The molecule has 1 heterocycles. The van der Waals surface area contributed by atoms with Crippen molar-refractivity contribution >= 4 is 22.6 Å². The summed E-state index contributed by atoms with van der Waals surface area (Å²) in [6.07, 6.45) is 2.48. The van der Waals surface area contributed by atoms with E-state index >= 15 is 0 Å². The van der Waals surface area contributed by atoms with Crippen molar-refractivity contribution < 1.29 is 9.53 Å². The highest BCUT2D eigenvalue weighted by Crippen LogP contribution is 2.23. The van der Waals surface area contributed by atoms with E-state index in [-0.39, 0.29) is 6.03 Å². The monoisotopic (exact) mass is 335 g/mol. The highest BCUT2D eigenvalue weighted by atomic mass is 16.5.